The maximum atomic E-state index is 11.9. The molecule has 2 aliphatic heterocycles. The van der Waals surface area contributed by atoms with Crippen molar-refractivity contribution in [3.63, 3.8) is 0 Å². The first-order valence-corrected chi connectivity index (χ1v) is 9.18. The summed E-state index contributed by atoms with van der Waals surface area (Å²) in [4.78, 5) is 2.33. The van der Waals surface area contributed by atoms with Crippen molar-refractivity contribution in [2.24, 2.45) is 0 Å². The minimum Gasteiger partial charge on any atom is -0.504 e. The van der Waals surface area contributed by atoms with Gasteiger partial charge in [-0.2, -0.15) is 0 Å². The van der Waals surface area contributed by atoms with Gasteiger partial charge in [0.1, 0.15) is 6.10 Å². The number of hydrogen-bond donors (Lipinski definition) is 3. The van der Waals surface area contributed by atoms with Gasteiger partial charge in [-0.3, -0.25) is 4.90 Å². The molecule has 2 bridgehead atoms. The SMILES string of the molecule is COCCN1CC[C@]23c4c5ccc(O)c4O[C@H]2[C@@H](O)CC[C@@]3(O)[C@H]1C5. The van der Waals surface area contributed by atoms with Crippen LogP contribution in [0.25, 0.3) is 0 Å². The Hall–Kier alpha value is -1.34. The lowest BCUT2D eigenvalue weighted by Crippen LogP contribution is -2.77. The van der Waals surface area contributed by atoms with Crippen LogP contribution in [0.3, 0.4) is 0 Å². The summed E-state index contributed by atoms with van der Waals surface area (Å²) in [7, 11) is 1.70. The fourth-order valence-corrected chi connectivity index (χ4v) is 6.08. The van der Waals surface area contributed by atoms with E-state index in [9.17, 15) is 15.3 Å². The molecule has 0 aromatic heterocycles. The second-order valence-corrected chi connectivity index (χ2v) is 7.99. The summed E-state index contributed by atoms with van der Waals surface area (Å²) in [5, 5.41) is 32.9. The van der Waals surface area contributed by atoms with Gasteiger partial charge in [-0.1, -0.05) is 6.07 Å². The van der Waals surface area contributed by atoms with E-state index in [4.69, 9.17) is 9.47 Å². The second kappa shape index (κ2) is 5.10. The molecule has 2 heterocycles. The van der Waals surface area contributed by atoms with Crippen LogP contribution in [-0.4, -0.2) is 70.9 Å². The Morgan fingerprint density at radius 1 is 1.36 bits per heavy atom. The monoisotopic (exact) mass is 347 g/mol. The number of rotatable bonds is 3. The van der Waals surface area contributed by atoms with Crippen molar-refractivity contribution < 1.29 is 24.8 Å². The van der Waals surface area contributed by atoms with E-state index in [1.54, 1.807) is 13.2 Å². The Morgan fingerprint density at radius 2 is 2.20 bits per heavy atom. The minimum absolute atomic E-state index is 0.0157. The summed E-state index contributed by atoms with van der Waals surface area (Å²) in [5.41, 5.74) is 0.498. The summed E-state index contributed by atoms with van der Waals surface area (Å²) >= 11 is 0. The van der Waals surface area contributed by atoms with Crippen LogP contribution >= 0.6 is 0 Å². The largest absolute Gasteiger partial charge is 0.504 e. The molecule has 0 radical (unpaired) electrons. The zero-order chi connectivity index (χ0) is 17.4. The molecule has 3 N–H and O–H groups in total. The van der Waals surface area contributed by atoms with E-state index in [0.717, 1.165) is 37.1 Å². The van der Waals surface area contributed by atoms with Crippen molar-refractivity contribution >= 4 is 0 Å². The average molecular weight is 347 g/mol. The van der Waals surface area contributed by atoms with E-state index in [-0.39, 0.29) is 11.8 Å². The number of piperidine rings is 1. The number of aliphatic hydroxyl groups is 2. The lowest BCUT2D eigenvalue weighted by atomic mass is 9.48. The maximum absolute atomic E-state index is 11.9. The highest BCUT2D eigenvalue weighted by Gasteiger charge is 2.72. The standard InChI is InChI=1S/C19H25NO5/c1-24-9-8-20-7-6-18-15-11-2-3-12(21)16(15)25-17(18)13(22)4-5-19(18,23)14(20)10-11/h2-3,13-14,17,21-23H,4-10H2,1H3/t13-,14+,17-,18-,19+/m0/s1. The van der Waals surface area contributed by atoms with Gasteiger partial charge in [0, 0.05) is 25.3 Å². The number of phenolic OH excluding ortho intramolecular Hbond substituents is 1. The maximum Gasteiger partial charge on any atom is 0.165 e. The summed E-state index contributed by atoms with van der Waals surface area (Å²) in [6, 6.07) is 3.61. The van der Waals surface area contributed by atoms with Crippen molar-refractivity contribution in [1.29, 1.82) is 0 Å². The fourth-order valence-electron chi connectivity index (χ4n) is 6.08. The number of ether oxygens (including phenoxy) is 2. The lowest BCUT2D eigenvalue weighted by molar-refractivity contribution is -0.208. The Balaban J connectivity index is 1.70. The molecule has 25 heavy (non-hydrogen) atoms. The van der Waals surface area contributed by atoms with Crippen molar-refractivity contribution in [3.8, 4) is 11.5 Å². The molecular formula is C19H25NO5. The third-order valence-corrected chi connectivity index (χ3v) is 7.12. The molecule has 0 unspecified atom stereocenters. The van der Waals surface area contributed by atoms with Crippen LogP contribution in [0.15, 0.2) is 12.1 Å². The van der Waals surface area contributed by atoms with Crippen LogP contribution < -0.4 is 4.74 Å². The number of methoxy groups -OCH3 is 1. The molecule has 1 aromatic carbocycles. The highest BCUT2D eigenvalue weighted by atomic mass is 16.5. The van der Waals surface area contributed by atoms with Gasteiger partial charge >= 0.3 is 0 Å². The van der Waals surface area contributed by atoms with E-state index < -0.39 is 23.2 Å². The van der Waals surface area contributed by atoms with Gasteiger partial charge in [-0.15, -0.1) is 0 Å². The molecule has 0 amide bonds. The van der Waals surface area contributed by atoms with Crippen molar-refractivity contribution in [2.75, 3.05) is 26.8 Å². The van der Waals surface area contributed by atoms with Gasteiger partial charge < -0.3 is 24.8 Å². The zero-order valence-electron chi connectivity index (χ0n) is 14.4. The first-order valence-electron chi connectivity index (χ1n) is 9.18. The van der Waals surface area contributed by atoms with Gasteiger partial charge in [-0.05, 0) is 43.9 Å². The van der Waals surface area contributed by atoms with Gasteiger partial charge in [0.05, 0.1) is 23.7 Å². The smallest absolute Gasteiger partial charge is 0.165 e. The molecule has 4 aliphatic rings. The van der Waals surface area contributed by atoms with E-state index in [2.05, 4.69) is 4.90 Å². The topological polar surface area (TPSA) is 82.4 Å². The number of aromatic hydroxyl groups is 1. The van der Waals surface area contributed by atoms with Crippen LogP contribution in [-0.2, 0) is 16.6 Å². The zero-order valence-corrected chi connectivity index (χ0v) is 14.4. The number of benzene rings is 1. The molecule has 1 aromatic rings. The molecule has 1 spiro atoms. The Morgan fingerprint density at radius 3 is 3.00 bits per heavy atom. The molecule has 6 heteroatoms. The molecule has 136 valence electrons. The summed E-state index contributed by atoms with van der Waals surface area (Å²) < 4.78 is 11.4. The molecule has 6 nitrogen and oxygen atoms in total. The number of nitrogens with zero attached hydrogens (tertiary/aromatic N) is 1. The molecule has 5 atom stereocenters. The average Bonchev–Trinajstić information content (AvgIpc) is 2.95. The number of aliphatic hydroxyl groups excluding tert-OH is 1. The highest BCUT2D eigenvalue weighted by Crippen LogP contribution is 2.65. The Kier molecular flexibility index (Phi) is 3.24. The summed E-state index contributed by atoms with van der Waals surface area (Å²) in [6.07, 6.45) is 1.41. The number of phenols is 1. The van der Waals surface area contributed by atoms with Crippen LogP contribution in [0.1, 0.15) is 30.4 Å². The van der Waals surface area contributed by atoms with Gasteiger partial charge in [0.25, 0.3) is 0 Å². The molecule has 1 saturated carbocycles. The van der Waals surface area contributed by atoms with Crippen LogP contribution in [0.4, 0.5) is 0 Å². The Labute approximate surface area is 147 Å². The van der Waals surface area contributed by atoms with Gasteiger partial charge in [0.15, 0.2) is 11.5 Å². The molecular weight excluding hydrogens is 322 g/mol. The van der Waals surface area contributed by atoms with E-state index in [1.165, 1.54) is 0 Å². The summed E-state index contributed by atoms with van der Waals surface area (Å²) in [6.45, 7) is 2.25. The van der Waals surface area contributed by atoms with E-state index in [0.29, 0.717) is 25.2 Å². The highest BCUT2D eigenvalue weighted by molar-refractivity contribution is 5.62. The normalized spacial score (nSPS) is 41.3. The number of likely N-dealkylation sites (tertiary alicyclic amines) is 1. The van der Waals surface area contributed by atoms with Crippen LogP contribution in [0.5, 0.6) is 11.5 Å². The second-order valence-electron chi connectivity index (χ2n) is 7.99. The third-order valence-electron chi connectivity index (χ3n) is 7.12. The minimum atomic E-state index is -0.949. The van der Waals surface area contributed by atoms with Crippen LogP contribution in [0.2, 0.25) is 0 Å². The van der Waals surface area contributed by atoms with Gasteiger partial charge in [-0.25, -0.2) is 0 Å². The number of hydrogen-bond acceptors (Lipinski definition) is 6. The van der Waals surface area contributed by atoms with E-state index in [1.807, 2.05) is 6.07 Å². The first kappa shape index (κ1) is 15.9. The Bertz CT molecular complexity index is 724. The molecule has 2 fully saturated rings. The predicted octanol–water partition coefficient (Wildman–Crippen LogP) is 0.554. The molecule has 5 rings (SSSR count). The van der Waals surface area contributed by atoms with Crippen molar-refractivity contribution in [3.05, 3.63) is 23.3 Å². The molecule has 1 saturated heterocycles. The van der Waals surface area contributed by atoms with Crippen LogP contribution in [0, 0.1) is 0 Å². The van der Waals surface area contributed by atoms with Crippen molar-refractivity contribution in [2.45, 2.75) is 54.9 Å². The first-order chi connectivity index (χ1) is 12.0. The lowest BCUT2D eigenvalue weighted by Gasteiger charge is -2.63. The fraction of sp³-hybridized carbons (Fsp3) is 0.684. The van der Waals surface area contributed by atoms with Gasteiger partial charge in [0.2, 0.25) is 0 Å². The van der Waals surface area contributed by atoms with E-state index >= 15 is 0 Å². The molecule has 2 aliphatic carbocycles. The van der Waals surface area contributed by atoms with Crippen molar-refractivity contribution in [1.82, 2.24) is 4.90 Å². The predicted molar refractivity (Wildman–Crippen MR) is 89.9 cm³/mol. The third kappa shape index (κ3) is 1.74. The summed E-state index contributed by atoms with van der Waals surface area (Å²) in [5.74, 6) is 0.586. The quantitative estimate of drug-likeness (QED) is 0.741.